The number of aliphatic carboxylic acids is 1. The van der Waals surface area contributed by atoms with Gasteiger partial charge in [-0.05, 0) is 55.3 Å². The van der Waals surface area contributed by atoms with Gasteiger partial charge in [-0.15, -0.1) is 0 Å². The van der Waals surface area contributed by atoms with Crippen molar-refractivity contribution in [3.05, 3.63) is 54.0 Å². The molecule has 2 aromatic carbocycles. The summed E-state index contributed by atoms with van der Waals surface area (Å²) in [6, 6.07) is 10.00. The highest BCUT2D eigenvalue weighted by molar-refractivity contribution is 7.89. The third-order valence-electron chi connectivity index (χ3n) is 5.69. The molecular weight excluding hydrogens is 437 g/mol. The summed E-state index contributed by atoms with van der Waals surface area (Å²) in [5.41, 5.74) is 0.783. The molecular formula is C22H24FN3O5S. The Morgan fingerprint density at radius 3 is 2.59 bits per heavy atom. The van der Waals surface area contributed by atoms with Crippen molar-refractivity contribution in [2.75, 3.05) is 19.7 Å². The maximum absolute atomic E-state index is 14.0. The van der Waals surface area contributed by atoms with Crippen molar-refractivity contribution >= 4 is 26.9 Å². The van der Waals surface area contributed by atoms with E-state index in [2.05, 4.69) is 5.10 Å². The number of benzene rings is 2. The molecule has 0 bridgehead atoms. The zero-order valence-corrected chi connectivity index (χ0v) is 18.5. The lowest BCUT2D eigenvalue weighted by molar-refractivity contribution is -0.136. The number of sulfonamides is 1. The number of rotatable bonds is 7. The van der Waals surface area contributed by atoms with Crippen LogP contribution in [0.1, 0.15) is 25.6 Å². The number of carbonyl (C=O) groups is 1. The lowest BCUT2D eigenvalue weighted by atomic mass is 10.1. The quantitative estimate of drug-likeness (QED) is 0.580. The molecule has 1 N–H and O–H groups in total. The monoisotopic (exact) mass is 461 g/mol. The number of carboxylic acid groups (broad SMARTS) is 1. The number of aromatic nitrogens is 2. The van der Waals surface area contributed by atoms with Crippen molar-refractivity contribution in [1.82, 2.24) is 14.1 Å². The van der Waals surface area contributed by atoms with Gasteiger partial charge < -0.3 is 9.84 Å². The van der Waals surface area contributed by atoms with Gasteiger partial charge in [-0.2, -0.15) is 9.40 Å². The van der Waals surface area contributed by atoms with Crippen molar-refractivity contribution in [3.63, 3.8) is 0 Å². The fourth-order valence-electron chi connectivity index (χ4n) is 4.15. The van der Waals surface area contributed by atoms with Gasteiger partial charge in [0, 0.05) is 18.5 Å². The number of fused-ring (bicyclic) bond motifs is 1. The predicted molar refractivity (Wildman–Crippen MR) is 116 cm³/mol. The summed E-state index contributed by atoms with van der Waals surface area (Å²) in [5, 5.41) is 14.2. The Bertz CT molecular complexity index is 1260. The van der Waals surface area contributed by atoms with Crippen LogP contribution < -0.4 is 4.74 Å². The van der Waals surface area contributed by atoms with Gasteiger partial charge in [-0.1, -0.05) is 6.92 Å². The van der Waals surface area contributed by atoms with E-state index in [9.17, 15) is 22.7 Å². The molecule has 10 heteroatoms. The number of carboxylic acids is 1. The molecule has 1 aliphatic rings. The van der Waals surface area contributed by atoms with Gasteiger partial charge in [0.05, 0.1) is 35.2 Å². The second kappa shape index (κ2) is 8.51. The molecule has 0 spiro atoms. The number of hydrogen-bond acceptors (Lipinski definition) is 5. The van der Waals surface area contributed by atoms with Crippen molar-refractivity contribution in [3.8, 4) is 5.75 Å². The average Bonchev–Trinajstić information content (AvgIpc) is 3.29. The Morgan fingerprint density at radius 2 is 1.94 bits per heavy atom. The summed E-state index contributed by atoms with van der Waals surface area (Å²) >= 11 is 0. The SMILES string of the molecule is CCOc1ccc(S(=O)(=O)N2CC(n3nc(CC(=O)O)c4ccc(F)cc43)[C@H](C)C2)cc1. The Morgan fingerprint density at radius 1 is 1.22 bits per heavy atom. The van der Waals surface area contributed by atoms with Gasteiger partial charge in [0.15, 0.2) is 0 Å². The van der Waals surface area contributed by atoms with Crippen molar-refractivity contribution in [2.24, 2.45) is 5.92 Å². The fourth-order valence-corrected chi connectivity index (χ4v) is 5.71. The number of hydrogen-bond donors (Lipinski definition) is 1. The Hall–Kier alpha value is -2.98. The molecule has 0 aliphatic carbocycles. The summed E-state index contributed by atoms with van der Waals surface area (Å²) in [7, 11) is -3.75. The molecule has 0 saturated carbocycles. The second-order valence-electron chi connectivity index (χ2n) is 7.89. The van der Waals surface area contributed by atoms with Gasteiger partial charge in [-0.25, -0.2) is 12.8 Å². The topological polar surface area (TPSA) is 102 Å². The van der Waals surface area contributed by atoms with Gasteiger partial charge in [-0.3, -0.25) is 9.48 Å². The van der Waals surface area contributed by atoms with E-state index >= 15 is 0 Å². The van der Waals surface area contributed by atoms with E-state index in [1.54, 1.807) is 16.8 Å². The maximum atomic E-state index is 14.0. The van der Waals surface area contributed by atoms with Crippen LogP contribution in [0.2, 0.25) is 0 Å². The van der Waals surface area contributed by atoms with Crippen LogP contribution in [-0.2, 0) is 21.2 Å². The zero-order valence-electron chi connectivity index (χ0n) is 17.7. The summed E-state index contributed by atoms with van der Waals surface area (Å²) in [6.07, 6.45) is -0.301. The molecule has 1 aliphatic heterocycles. The number of halogens is 1. The van der Waals surface area contributed by atoms with E-state index in [4.69, 9.17) is 4.74 Å². The predicted octanol–water partition coefficient (Wildman–Crippen LogP) is 3.08. The van der Waals surface area contributed by atoms with Crippen molar-refractivity contribution < 1.29 is 27.4 Å². The molecule has 2 heterocycles. The largest absolute Gasteiger partial charge is 0.494 e. The molecule has 170 valence electrons. The van der Waals surface area contributed by atoms with Crippen LogP contribution in [0.4, 0.5) is 4.39 Å². The van der Waals surface area contributed by atoms with E-state index in [-0.39, 0.29) is 36.4 Å². The highest BCUT2D eigenvalue weighted by Gasteiger charge is 2.39. The van der Waals surface area contributed by atoms with Gasteiger partial charge in [0.2, 0.25) is 10.0 Å². The molecule has 1 fully saturated rings. The maximum Gasteiger partial charge on any atom is 0.309 e. The van der Waals surface area contributed by atoms with E-state index in [0.29, 0.717) is 29.0 Å². The second-order valence-corrected chi connectivity index (χ2v) is 9.83. The van der Waals surface area contributed by atoms with Crippen LogP contribution in [0, 0.1) is 11.7 Å². The van der Waals surface area contributed by atoms with Crippen LogP contribution in [0.25, 0.3) is 10.9 Å². The lowest BCUT2D eigenvalue weighted by Gasteiger charge is -2.18. The molecule has 1 unspecified atom stereocenters. The molecule has 0 amide bonds. The Balaban J connectivity index is 1.66. The smallest absolute Gasteiger partial charge is 0.309 e. The third kappa shape index (κ3) is 4.07. The van der Waals surface area contributed by atoms with Crippen LogP contribution in [0.15, 0.2) is 47.4 Å². The Labute approximate surface area is 185 Å². The summed E-state index contributed by atoms with van der Waals surface area (Å²) in [6.45, 7) is 4.66. The van der Waals surface area contributed by atoms with E-state index in [1.807, 2.05) is 13.8 Å². The van der Waals surface area contributed by atoms with Gasteiger partial charge in [0.25, 0.3) is 0 Å². The first-order chi connectivity index (χ1) is 15.2. The third-order valence-corrected chi connectivity index (χ3v) is 7.54. The first kappa shape index (κ1) is 22.2. The number of ether oxygens (including phenoxy) is 1. The molecule has 4 rings (SSSR count). The van der Waals surface area contributed by atoms with E-state index < -0.39 is 21.8 Å². The van der Waals surface area contributed by atoms with E-state index in [1.165, 1.54) is 34.6 Å². The highest BCUT2D eigenvalue weighted by Crippen LogP contribution is 2.35. The van der Waals surface area contributed by atoms with Crippen LogP contribution >= 0.6 is 0 Å². The molecule has 1 aromatic heterocycles. The molecule has 8 nitrogen and oxygen atoms in total. The minimum atomic E-state index is -3.75. The summed E-state index contributed by atoms with van der Waals surface area (Å²) < 4.78 is 48.7. The average molecular weight is 462 g/mol. The number of nitrogens with zero attached hydrogens (tertiary/aromatic N) is 3. The summed E-state index contributed by atoms with van der Waals surface area (Å²) in [4.78, 5) is 11.4. The summed E-state index contributed by atoms with van der Waals surface area (Å²) in [5.74, 6) is -1.03. The standard InChI is InChI=1S/C22H24FN3O5S/c1-3-31-16-5-7-17(8-6-16)32(29,30)25-12-14(2)21(13-25)26-20-10-15(23)4-9-18(20)19(24-26)11-22(27)28/h4-10,14,21H,3,11-13H2,1-2H3,(H,27,28)/t14-,21?/m1/s1. The van der Waals surface area contributed by atoms with Crippen LogP contribution in [0.3, 0.4) is 0 Å². The normalized spacial score (nSPS) is 19.5. The minimum absolute atomic E-state index is 0.114. The van der Waals surface area contributed by atoms with Crippen molar-refractivity contribution in [2.45, 2.75) is 31.2 Å². The zero-order chi connectivity index (χ0) is 23.0. The Kier molecular flexibility index (Phi) is 5.91. The first-order valence-corrected chi connectivity index (χ1v) is 11.8. The molecule has 1 saturated heterocycles. The fraction of sp³-hybridized carbons (Fsp3) is 0.364. The van der Waals surface area contributed by atoms with Crippen molar-refractivity contribution in [1.29, 1.82) is 0 Å². The molecule has 0 radical (unpaired) electrons. The van der Waals surface area contributed by atoms with Crippen LogP contribution in [-0.4, -0.2) is 53.3 Å². The van der Waals surface area contributed by atoms with Gasteiger partial charge >= 0.3 is 5.97 Å². The van der Waals surface area contributed by atoms with Gasteiger partial charge in [0.1, 0.15) is 11.6 Å². The molecule has 32 heavy (non-hydrogen) atoms. The highest BCUT2D eigenvalue weighted by atomic mass is 32.2. The minimum Gasteiger partial charge on any atom is -0.494 e. The molecule has 2 atom stereocenters. The first-order valence-electron chi connectivity index (χ1n) is 10.3. The van der Waals surface area contributed by atoms with E-state index in [0.717, 1.165) is 0 Å². The lowest BCUT2D eigenvalue weighted by Crippen LogP contribution is -2.29. The molecule has 3 aromatic rings. The van der Waals surface area contributed by atoms with Crippen LogP contribution in [0.5, 0.6) is 5.75 Å².